The number of aryl methyl sites for hydroxylation is 1. The van der Waals surface area contributed by atoms with Gasteiger partial charge in [-0.2, -0.15) is 0 Å². The Kier molecular flexibility index (Phi) is 5.67. The van der Waals surface area contributed by atoms with Gasteiger partial charge in [0.2, 0.25) is 5.78 Å². The first kappa shape index (κ1) is 21.5. The molecule has 0 aromatic carbocycles. The van der Waals surface area contributed by atoms with Crippen LogP contribution in [0.2, 0.25) is 0 Å². The molecule has 0 radical (unpaired) electrons. The number of nitrogens with one attached hydrogen (secondary N) is 2. The van der Waals surface area contributed by atoms with Crippen LogP contribution in [0, 0.1) is 13.8 Å². The number of esters is 1. The summed E-state index contributed by atoms with van der Waals surface area (Å²) in [7, 11) is 1.25. The van der Waals surface area contributed by atoms with Crippen LogP contribution in [0.15, 0.2) is 47.6 Å². The summed E-state index contributed by atoms with van der Waals surface area (Å²) in [5, 5.41) is 15.5. The number of thiophene rings is 1. The van der Waals surface area contributed by atoms with E-state index in [0.29, 0.717) is 16.1 Å². The Hall–Kier alpha value is -3.72. The smallest absolute Gasteiger partial charge is 0.354 e. The molecule has 1 aliphatic rings. The van der Waals surface area contributed by atoms with Crippen molar-refractivity contribution in [1.29, 1.82) is 0 Å². The molecule has 4 rings (SSSR count). The Bertz CT molecular complexity index is 1230. The van der Waals surface area contributed by atoms with E-state index in [1.165, 1.54) is 23.3 Å². The quantitative estimate of drug-likeness (QED) is 0.274. The SMILES string of the molecule is COC(=O)c1[nH]c(C)c(C([O-])=C2C(=O)C(=O)N(Cc3ccc[nH+]c3)C2c2cccs2)c1C. The maximum Gasteiger partial charge on any atom is 0.354 e. The Labute approximate surface area is 188 Å². The highest BCUT2D eigenvalue weighted by Gasteiger charge is 2.45. The van der Waals surface area contributed by atoms with Gasteiger partial charge in [0.1, 0.15) is 5.69 Å². The van der Waals surface area contributed by atoms with Gasteiger partial charge in [0.15, 0.2) is 12.4 Å². The molecule has 3 aromatic rings. The lowest BCUT2D eigenvalue weighted by Crippen LogP contribution is -2.29. The van der Waals surface area contributed by atoms with Crippen LogP contribution in [0.5, 0.6) is 0 Å². The summed E-state index contributed by atoms with van der Waals surface area (Å²) < 4.78 is 4.77. The van der Waals surface area contributed by atoms with Crippen LogP contribution in [0.1, 0.15) is 43.8 Å². The van der Waals surface area contributed by atoms with Crippen molar-refractivity contribution in [3.8, 4) is 0 Å². The number of H-pyrrole nitrogens is 2. The van der Waals surface area contributed by atoms with Gasteiger partial charge in [0.05, 0.1) is 19.7 Å². The number of hydrogen-bond donors (Lipinski definition) is 1. The van der Waals surface area contributed by atoms with Crippen molar-refractivity contribution in [2.45, 2.75) is 26.4 Å². The van der Waals surface area contributed by atoms with Gasteiger partial charge in [0, 0.05) is 27.8 Å². The minimum atomic E-state index is -0.826. The van der Waals surface area contributed by atoms with Crippen molar-refractivity contribution in [3.63, 3.8) is 0 Å². The molecule has 1 amide bonds. The summed E-state index contributed by atoms with van der Waals surface area (Å²) in [5.74, 6) is -2.73. The van der Waals surface area contributed by atoms with E-state index in [9.17, 15) is 19.5 Å². The van der Waals surface area contributed by atoms with Gasteiger partial charge in [-0.3, -0.25) is 9.59 Å². The van der Waals surface area contributed by atoms with Crippen molar-refractivity contribution in [2.24, 2.45) is 0 Å². The van der Waals surface area contributed by atoms with Gasteiger partial charge in [0.25, 0.3) is 5.91 Å². The Morgan fingerprint density at radius 1 is 1.28 bits per heavy atom. The van der Waals surface area contributed by atoms with Gasteiger partial charge in [-0.05, 0) is 42.5 Å². The number of aromatic nitrogens is 2. The molecule has 9 heteroatoms. The van der Waals surface area contributed by atoms with Crippen LogP contribution in [0.4, 0.5) is 0 Å². The first-order chi connectivity index (χ1) is 15.3. The second-order valence-corrected chi connectivity index (χ2v) is 8.43. The normalized spacial score (nSPS) is 17.7. The van der Waals surface area contributed by atoms with Gasteiger partial charge in [-0.15, -0.1) is 11.3 Å². The third-order valence-corrected chi connectivity index (χ3v) is 6.45. The molecule has 2 N–H and O–H groups in total. The molecular formula is C23H21N3O5S. The molecule has 164 valence electrons. The lowest BCUT2D eigenvalue weighted by Gasteiger charge is -2.26. The van der Waals surface area contributed by atoms with Crippen molar-refractivity contribution < 1.29 is 29.2 Å². The minimum Gasteiger partial charge on any atom is -0.872 e. The molecule has 1 unspecified atom stereocenters. The summed E-state index contributed by atoms with van der Waals surface area (Å²) in [4.78, 5) is 46.1. The fourth-order valence-electron chi connectivity index (χ4n) is 4.03. The third-order valence-electron chi connectivity index (χ3n) is 5.52. The average Bonchev–Trinajstić information content (AvgIpc) is 3.48. The average molecular weight is 452 g/mol. The Morgan fingerprint density at radius 3 is 2.69 bits per heavy atom. The van der Waals surface area contributed by atoms with Crippen molar-refractivity contribution in [1.82, 2.24) is 9.88 Å². The van der Waals surface area contributed by atoms with E-state index in [0.717, 1.165) is 5.56 Å². The number of amides is 1. The van der Waals surface area contributed by atoms with Gasteiger partial charge < -0.3 is 19.7 Å². The van der Waals surface area contributed by atoms with E-state index in [1.807, 2.05) is 17.5 Å². The zero-order chi connectivity index (χ0) is 23.0. The molecule has 0 spiro atoms. The molecule has 1 saturated heterocycles. The summed E-state index contributed by atoms with van der Waals surface area (Å²) in [6, 6.07) is 6.44. The zero-order valence-corrected chi connectivity index (χ0v) is 18.5. The van der Waals surface area contributed by atoms with Gasteiger partial charge in [-0.1, -0.05) is 11.8 Å². The van der Waals surface area contributed by atoms with E-state index >= 15 is 0 Å². The van der Waals surface area contributed by atoms with Crippen LogP contribution in [-0.2, 0) is 20.9 Å². The first-order valence-corrected chi connectivity index (χ1v) is 10.8. The predicted molar refractivity (Wildman–Crippen MR) is 114 cm³/mol. The van der Waals surface area contributed by atoms with Gasteiger partial charge >= 0.3 is 5.97 Å². The molecule has 0 aliphatic carbocycles. The molecule has 8 nitrogen and oxygen atoms in total. The highest BCUT2D eigenvalue weighted by atomic mass is 32.1. The molecule has 1 atom stereocenters. The van der Waals surface area contributed by atoms with E-state index < -0.39 is 29.5 Å². The Balaban J connectivity index is 1.88. The fraction of sp³-hybridized carbons (Fsp3) is 0.217. The van der Waals surface area contributed by atoms with Crippen LogP contribution in [-0.4, -0.2) is 34.7 Å². The number of ether oxygens (including phenoxy) is 1. The molecule has 1 aliphatic heterocycles. The largest absolute Gasteiger partial charge is 0.872 e. The monoisotopic (exact) mass is 451 g/mol. The molecule has 4 heterocycles. The summed E-state index contributed by atoms with van der Waals surface area (Å²) in [5.41, 5.74) is 1.85. The van der Waals surface area contributed by atoms with E-state index in [4.69, 9.17) is 4.74 Å². The van der Waals surface area contributed by atoms with E-state index in [-0.39, 0.29) is 23.4 Å². The number of rotatable bonds is 5. The molecule has 0 bridgehead atoms. The molecule has 0 saturated carbocycles. The van der Waals surface area contributed by atoms with Gasteiger partial charge in [-0.25, -0.2) is 9.78 Å². The van der Waals surface area contributed by atoms with Crippen LogP contribution >= 0.6 is 11.3 Å². The molecule has 32 heavy (non-hydrogen) atoms. The highest BCUT2D eigenvalue weighted by molar-refractivity contribution is 7.10. The number of likely N-dealkylation sites (tertiary alicyclic amines) is 1. The zero-order valence-electron chi connectivity index (χ0n) is 17.7. The summed E-state index contributed by atoms with van der Waals surface area (Å²) in [6.45, 7) is 3.43. The lowest BCUT2D eigenvalue weighted by molar-refractivity contribution is -0.378. The van der Waals surface area contributed by atoms with E-state index in [2.05, 4.69) is 9.97 Å². The second kappa shape index (κ2) is 8.43. The highest BCUT2D eigenvalue weighted by Crippen LogP contribution is 2.42. The fourth-order valence-corrected chi connectivity index (χ4v) is 4.88. The topological polar surface area (TPSA) is 117 Å². The number of aromatic amines is 2. The Morgan fingerprint density at radius 2 is 2.06 bits per heavy atom. The number of carbonyl (C=O) groups excluding carboxylic acids is 3. The van der Waals surface area contributed by atoms with E-state index in [1.54, 1.807) is 38.4 Å². The number of methoxy groups -OCH3 is 1. The molecule has 1 fully saturated rings. The first-order valence-electron chi connectivity index (χ1n) is 9.87. The number of hydrogen-bond acceptors (Lipinski definition) is 6. The number of pyridine rings is 1. The number of carbonyl (C=O) groups is 3. The van der Waals surface area contributed by atoms with Crippen molar-refractivity contribution in [2.75, 3.05) is 7.11 Å². The lowest BCUT2D eigenvalue weighted by atomic mass is 9.97. The number of nitrogens with zero attached hydrogens (tertiary/aromatic N) is 1. The second-order valence-electron chi connectivity index (χ2n) is 7.45. The maximum atomic E-state index is 13.7. The standard InChI is InChI=1S/C23H21N3O5S/c1-12-16(13(2)25-18(12)23(30)31-3)20(27)17-19(15-7-5-9-32-15)26(22(29)21(17)28)11-14-6-4-8-24-10-14/h4-10,19,25,27H,11H2,1-3H3. The summed E-state index contributed by atoms with van der Waals surface area (Å²) >= 11 is 1.37. The third kappa shape index (κ3) is 3.50. The molecular weight excluding hydrogens is 430 g/mol. The summed E-state index contributed by atoms with van der Waals surface area (Å²) in [6.07, 6.45) is 3.49. The number of Topliss-reactive ketones (excluding diaryl/α,β-unsaturated/α-hetero) is 1. The minimum absolute atomic E-state index is 0.112. The number of ketones is 1. The van der Waals surface area contributed by atoms with Crippen LogP contribution < -0.4 is 10.1 Å². The van der Waals surface area contributed by atoms with Crippen LogP contribution in [0.3, 0.4) is 0 Å². The molecule has 3 aromatic heterocycles. The van der Waals surface area contributed by atoms with Crippen molar-refractivity contribution >= 4 is 34.8 Å². The van der Waals surface area contributed by atoms with Crippen molar-refractivity contribution in [3.05, 3.63) is 80.6 Å². The maximum absolute atomic E-state index is 13.7. The predicted octanol–water partition coefficient (Wildman–Crippen LogP) is 1.72. The van der Waals surface area contributed by atoms with Crippen LogP contribution in [0.25, 0.3) is 5.76 Å².